The van der Waals surface area contributed by atoms with Gasteiger partial charge in [-0.25, -0.2) is 4.39 Å². The maximum Gasteiger partial charge on any atom is 0.126 e. The Labute approximate surface area is 107 Å². The van der Waals surface area contributed by atoms with Crippen LogP contribution in [-0.2, 0) is 0 Å². The first-order valence-electron chi connectivity index (χ1n) is 6.11. The van der Waals surface area contributed by atoms with Gasteiger partial charge >= 0.3 is 0 Å². The van der Waals surface area contributed by atoms with E-state index in [4.69, 9.17) is 0 Å². The van der Waals surface area contributed by atoms with Crippen LogP contribution in [-0.4, -0.2) is 11.5 Å². The summed E-state index contributed by atoms with van der Waals surface area (Å²) in [5.74, 6) is -0.166. The van der Waals surface area contributed by atoms with E-state index < -0.39 is 0 Å². The van der Waals surface area contributed by atoms with E-state index in [0.717, 1.165) is 17.7 Å². The molecule has 0 aliphatic rings. The molecule has 0 bridgehead atoms. The molecular weight excluding hydrogens is 227 g/mol. The molecule has 0 aliphatic carbocycles. The molecule has 0 saturated heterocycles. The Kier molecular flexibility index (Phi) is 4.05. The van der Waals surface area contributed by atoms with Crippen molar-refractivity contribution in [2.75, 3.05) is 6.54 Å². The maximum absolute atomic E-state index is 13.3. The summed E-state index contributed by atoms with van der Waals surface area (Å²) >= 11 is 0. The van der Waals surface area contributed by atoms with E-state index in [1.807, 2.05) is 30.5 Å². The Bertz CT molecular complexity index is 511. The molecule has 2 aromatic rings. The first-order chi connectivity index (χ1) is 8.72. The fourth-order valence-electron chi connectivity index (χ4n) is 2.03. The lowest BCUT2D eigenvalue weighted by Gasteiger charge is -2.19. The Balaban J connectivity index is 2.38. The zero-order valence-corrected chi connectivity index (χ0v) is 10.7. The van der Waals surface area contributed by atoms with Crippen LogP contribution in [0.3, 0.4) is 0 Å². The van der Waals surface area contributed by atoms with Crippen molar-refractivity contribution in [3.8, 4) is 0 Å². The molecule has 94 valence electrons. The van der Waals surface area contributed by atoms with Crippen molar-refractivity contribution in [1.82, 2.24) is 10.3 Å². The van der Waals surface area contributed by atoms with E-state index in [-0.39, 0.29) is 11.9 Å². The van der Waals surface area contributed by atoms with Gasteiger partial charge in [0.1, 0.15) is 5.82 Å². The van der Waals surface area contributed by atoms with Crippen LogP contribution in [0.1, 0.15) is 29.7 Å². The highest BCUT2D eigenvalue weighted by Gasteiger charge is 2.13. The smallest absolute Gasteiger partial charge is 0.126 e. The Morgan fingerprint density at radius 1 is 1.28 bits per heavy atom. The van der Waals surface area contributed by atoms with Crippen molar-refractivity contribution in [2.24, 2.45) is 0 Å². The number of halogens is 1. The van der Waals surface area contributed by atoms with Crippen LogP contribution in [0.2, 0.25) is 0 Å². The molecule has 1 N–H and O–H groups in total. The zero-order chi connectivity index (χ0) is 13.0. The number of rotatable bonds is 4. The summed E-state index contributed by atoms with van der Waals surface area (Å²) in [6.07, 6.45) is 3.59. The number of nitrogens with zero attached hydrogens (tertiary/aromatic N) is 1. The second-order valence-electron chi connectivity index (χ2n) is 4.29. The minimum absolute atomic E-state index is 0.0583. The topological polar surface area (TPSA) is 24.9 Å². The van der Waals surface area contributed by atoms with Gasteiger partial charge in [-0.3, -0.25) is 4.98 Å². The summed E-state index contributed by atoms with van der Waals surface area (Å²) in [4.78, 5) is 4.14. The average Bonchev–Trinajstić information content (AvgIpc) is 2.40. The molecule has 1 aromatic carbocycles. The van der Waals surface area contributed by atoms with Crippen molar-refractivity contribution in [1.29, 1.82) is 0 Å². The lowest BCUT2D eigenvalue weighted by molar-refractivity contribution is 0.606. The number of hydrogen-bond donors (Lipinski definition) is 1. The van der Waals surface area contributed by atoms with Crippen LogP contribution < -0.4 is 5.32 Å². The number of pyridine rings is 1. The van der Waals surface area contributed by atoms with Crippen molar-refractivity contribution in [2.45, 2.75) is 19.9 Å². The molecule has 1 heterocycles. The van der Waals surface area contributed by atoms with Gasteiger partial charge in [-0.05, 0) is 42.3 Å². The molecule has 0 spiro atoms. The van der Waals surface area contributed by atoms with Crippen molar-refractivity contribution < 1.29 is 4.39 Å². The molecule has 0 amide bonds. The van der Waals surface area contributed by atoms with Crippen molar-refractivity contribution in [3.05, 3.63) is 65.2 Å². The van der Waals surface area contributed by atoms with E-state index >= 15 is 0 Å². The minimum atomic E-state index is -0.166. The molecule has 2 nitrogen and oxygen atoms in total. The molecule has 0 fully saturated rings. The second-order valence-corrected chi connectivity index (χ2v) is 4.29. The van der Waals surface area contributed by atoms with Gasteiger partial charge in [-0.2, -0.15) is 0 Å². The summed E-state index contributed by atoms with van der Waals surface area (Å²) in [7, 11) is 0. The lowest BCUT2D eigenvalue weighted by atomic mass is 9.98. The predicted octanol–water partition coefficient (Wildman–Crippen LogP) is 3.23. The van der Waals surface area contributed by atoms with Crippen LogP contribution >= 0.6 is 0 Å². The van der Waals surface area contributed by atoms with E-state index in [1.54, 1.807) is 13.1 Å². The highest BCUT2D eigenvalue weighted by molar-refractivity contribution is 5.33. The molecule has 0 saturated carbocycles. The largest absolute Gasteiger partial charge is 0.306 e. The second kappa shape index (κ2) is 5.74. The summed E-state index contributed by atoms with van der Waals surface area (Å²) in [6.45, 7) is 4.68. The van der Waals surface area contributed by atoms with Gasteiger partial charge in [0, 0.05) is 12.4 Å². The number of hydrogen-bond acceptors (Lipinski definition) is 2. The maximum atomic E-state index is 13.3. The quantitative estimate of drug-likeness (QED) is 0.893. The predicted molar refractivity (Wildman–Crippen MR) is 70.9 cm³/mol. The van der Waals surface area contributed by atoms with Gasteiger partial charge in [-0.1, -0.05) is 25.1 Å². The first kappa shape index (κ1) is 12.7. The fourth-order valence-corrected chi connectivity index (χ4v) is 2.03. The third kappa shape index (κ3) is 2.74. The van der Waals surface area contributed by atoms with Gasteiger partial charge < -0.3 is 5.32 Å². The number of aryl methyl sites for hydroxylation is 1. The molecule has 1 atom stereocenters. The third-order valence-electron chi connectivity index (χ3n) is 2.94. The van der Waals surface area contributed by atoms with Crippen LogP contribution in [0.15, 0.2) is 42.7 Å². The fraction of sp³-hybridized carbons (Fsp3) is 0.267. The Hall–Kier alpha value is -1.74. The third-order valence-corrected chi connectivity index (χ3v) is 2.94. The summed E-state index contributed by atoms with van der Waals surface area (Å²) < 4.78 is 13.3. The molecular formula is C15H17FN2. The summed E-state index contributed by atoms with van der Waals surface area (Å²) in [5.41, 5.74) is 2.81. The molecule has 3 heteroatoms. The first-order valence-corrected chi connectivity index (χ1v) is 6.11. The number of benzene rings is 1. The van der Waals surface area contributed by atoms with Crippen molar-refractivity contribution in [3.63, 3.8) is 0 Å². The van der Waals surface area contributed by atoms with E-state index in [2.05, 4.69) is 17.2 Å². The van der Waals surface area contributed by atoms with Crippen LogP contribution in [0, 0.1) is 12.7 Å². The number of aromatic nitrogens is 1. The normalized spacial score (nSPS) is 12.4. The molecule has 0 unspecified atom stereocenters. The van der Waals surface area contributed by atoms with Crippen LogP contribution in [0.5, 0.6) is 0 Å². The van der Waals surface area contributed by atoms with E-state index in [0.29, 0.717) is 5.56 Å². The van der Waals surface area contributed by atoms with Gasteiger partial charge in [0.05, 0.1) is 6.04 Å². The molecule has 0 radical (unpaired) electrons. The zero-order valence-electron chi connectivity index (χ0n) is 10.7. The van der Waals surface area contributed by atoms with Gasteiger partial charge in [0.15, 0.2) is 0 Å². The minimum Gasteiger partial charge on any atom is -0.306 e. The lowest BCUT2D eigenvalue weighted by Crippen LogP contribution is -2.22. The molecule has 18 heavy (non-hydrogen) atoms. The van der Waals surface area contributed by atoms with Crippen LogP contribution in [0.4, 0.5) is 4.39 Å². The van der Waals surface area contributed by atoms with Crippen LogP contribution in [0.25, 0.3) is 0 Å². The van der Waals surface area contributed by atoms with E-state index in [9.17, 15) is 4.39 Å². The highest BCUT2D eigenvalue weighted by Crippen LogP contribution is 2.23. The Morgan fingerprint density at radius 3 is 2.72 bits per heavy atom. The van der Waals surface area contributed by atoms with Gasteiger partial charge in [0.2, 0.25) is 0 Å². The van der Waals surface area contributed by atoms with Crippen molar-refractivity contribution >= 4 is 0 Å². The highest BCUT2D eigenvalue weighted by atomic mass is 19.1. The molecule has 2 rings (SSSR count). The number of nitrogens with one attached hydrogen (secondary N) is 1. The standard InChI is InChI=1S/C15H17FN2/c1-3-18-15(13-5-4-8-17-10-13)12-6-7-14(16)11(2)9-12/h4-10,15,18H,3H2,1-2H3/t15-/m1/s1. The van der Waals surface area contributed by atoms with E-state index in [1.165, 1.54) is 6.07 Å². The SMILES string of the molecule is CCN[C@@H](c1cccnc1)c1ccc(F)c(C)c1. The van der Waals surface area contributed by atoms with Gasteiger partial charge in [0.25, 0.3) is 0 Å². The molecule has 1 aromatic heterocycles. The monoisotopic (exact) mass is 244 g/mol. The van der Waals surface area contributed by atoms with Gasteiger partial charge in [-0.15, -0.1) is 0 Å². The summed E-state index contributed by atoms with van der Waals surface area (Å²) in [5, 5.41) is 3.40. The summed E-state index contributed by atoms with van der Waals surface area (Å²) in [6, 6.07) is 9.22. The average molecular weight is 244 g/mol. The Morgan fingerprint density at radius 2 is 2.11 bits per heavy atom. The molecule has 0 aliphatic heterocycles.